The molecule has 0 aromatic heterocycles. The van der Waals surface area contributed by atoms with Crippen molar-refractivity contribution in [2.75, 3.05) is 7.11 Å². The van der Waals surface area contributed by atoms with Crippen molar-refractivity contribution in [2.45, 2.75) is 162 Å². The van der Waals surface area contributed by atoms with Crippen LogP contribution in [0, 0.1) is 46.3 Å². The molecule has 260 valence electrons. The molecule has 0 aromatic carbocycles. The van der Waals surface area contributed by atoms with Gasteiger partial charge >= 0.3 is 5.97 Å². The number of methoxy groups -OCH3 is 1. The van der Waals surface area contributed by atoms with Crippen molar-refractivity contribution in [1.29, 1.82) is 0 Å². The summed E-state index contributed by atoms with van der Waals surface area (Å²) in [5.41, 5.74) is 0.260. The van der Waals surface area contributed by atoms with Gasteiger partial charge in [0.1, 0.15) is 0 Å². The maximum absolute atomic E-state index is 12.2. The summed E-state index contributed by atoms with van der Waals surface area (Å²) in [4.78, 5) is 12.2. The number of esters is 1. The van der Waals surface area contributed by atoms with E-state index in [0.717, 1.165) is 38.5 Å². The Bertz CT molecular complexity index is 1060. The Kier molecular flexibility index (Phi) is 11.0. The lowest BCUT2D eigenvalue weighted by Gasteiger charge is -2.67. The number of carbonyl (C=O) groups is 1. The molecule has 0 heterocycles. The van der Waals surface area contributed by atoms with Crippen LogP contribution in [0.15, 0.2) is 12.7 Å². The van der Waals surface area contributed by atoms with Gasteiger partial charge in [-0.1, -0.05) is 26.8 Å². The van der Waals surface area contributed by atoms with Crippen LogP contribution in [-0.2, 0) is 22.8 Å². The van der Waals surface area contributed by atoms with Gasteiger partial charge in [0.05, 0.1) is 18.8 Å². The number of hydrogen-bond donors (Lipinski definition) is 0. The van der Waals surface area contributed by atoms with E-state index >= 15 is 0 Å². The Balaban J connectivity index is 1.77. The lowest BCUT2D eigenvalue weighted by molar-refractivity contribution is -0.207. The van der Waals surface area contributed by atoms with Crippen molar-refractivity contribution in [1.82, 2.24) is 0 Å². The van der Waals surface area contributed by atoms with Crippen molar-refractivity contribution in [3.63, 3.8) is 0 Å². The molecule has 5 nitrogen and oxygen atoms in total. The molecule has 0 amide bonds. The van der Waals surface area contributed by atoms with Crippen LogP contribution in [-0.4, -0.2) is 55.8 Å². The Morgan fingerprint density at radius 3 is 2.11 bits per heavy atom. The van der Waals surface area contributed by atoms with Gasteiger partial charge in [0, 0.05) is 12.5 Å². The topological polar surface area (TPSA) is 54.0 Å². The molecule has 45 heavy (non-hydrogen) atoms. The molecule has 0 spiro atoms. The zero-order valence-corrected chi connectivity index (χ0v) is 34.5. The van der Waals surface area contributed by atoms with Gasteiger partial charge in [-0.05, 0) is 163 Å². The Morgan fingerprint density at radius 1 is 0.911 bits per heavy atom. The number of hydrogen-bond acceptors (Lipinski definition) is 5. The minimum absolute atomic E-state index is 0.0852. The van der Waals surface area contributed by atoms with E-state index in [2.05, 4.69) is 92.3 Å². The molecule has 4 aliphatic rings. The first kappa shape index (κ1) is 37.6. The molecular formula is C37H70O5Si3. The maximum atomic E-state index is 12.2. The molecule has 0 aliphatic heterocycles. The number of carbonyl (C=O) groups excluding carboxylic acids is 1. The fourth-order valence-electron chi connectivity index (χ4n) is 11.2. The first-order chi connectivity index (χ1) is 20.6. The monoisotopic (exact) mass is 678 g/mol. The van der Waals surface area contributed by atoms with E-state index in [1.54, 1.807) is 0 Å². The summed E-state index contributed by atoms with van der Waals surface area (Å²) in [5.74, 6) is 3.24. The Labute approximate surface area is 280 Å². The van der Waals surface area contributed by atoms with Crippen LogP contribution in [0.5, 0.6) is 0 Å². The quantitative estimate of drug-likeness (QED) is 0.117. The van der Waals surface area contributed by atoms with Gasteiger partial charge in [-0.25, -0.2) is 0 Å². The molecule has 4 rings (SSSR count). The fraction of sp³-hybridized carbons (Fsp3) is 0.919. The highest BCUT2D eigenvalue weighted by Crippen LogP contribution is 2.70. The van der Waals surface area contributed by atoms with Crippen LogP contribution >= 0.6 is 0 Å². The Morgan fingerprint density at radius 2 is 1.56 bits per heavy atom. The molecule has 8 heteroatoms. The van der Waals surface area contributed by atoms with Gasteiger partial charge in [-0.3, -0.25) is 4.79 Å². The molecule has 4 saturated carbocycles. The molecule has 0 saturated heterocycles. The second kappa shape index (κ2) is 13.2. The average molecular weight is 679 g/mol. The summed E-state index contributed by atoms with van der Waals surface area (Å²) in [7, 11) is -3.85. The first-order valence-corrected chi connectivity index (χ1v) is 28.5. The predicted molar refractivity (Wildman–Crippen MR) is 195 cm³/mol. The summed E-state index contributed by atoms with van der Waals surface area (Å²) < 4.78 is 26.9. The molecular weight excluding hydrogens is 609 g/mol. The van der Waals surface area contributed by atoms with E-state index < -0.39 is 25.0 Å². The molecule has 0 bridgehead atoms. The standard InChI is InChI=1S/C37H70O5Si3/c1-15-20-37(42-45(12,13)14)22-21-35(3)27(25-37)23-31(40-43(6,7)8)34-29-18-17-28(26(2)16-19-33(38)39-5)36(29,4)32(24-30(34)35)41-44(9,10)11/h15,26-32,34H,1,16-25H2,2-14H3/t26-,27-,28-,29+,30+,31-,32+,34+,35+,36-,37-/m1/s1. The molecule has 0 N–H and O–H groups in total. The molecule has 4 aliphatic carbocycles. The third-order valence-electron chi connectivity index (χ3n) is 12.7. The van der Waals surface area contributed by atoms with Crippen LogP contribution in [0.2, 0.25) is 58.9 Å². The van der Waals surface area contributed by atoms with Crippen LogP contribution in [0.25, 0.3) is 0 Å². The number of fused-ring (bicyclic) bond motifs is 5. The van der Waals surface area contributed by atoms with Crippen LogP contribution in [0.4, 0.5) is 0 Å². The molecule has 0 unspecified atom stereocenters. The largest absolute Gasteiger partial charge is 0.469 e. The summed E-state index contributed by atoms with van der Waals surface area (Å²) in [6.45, 7) is 33.2. The van der Waals surface area contributed by atoms with Gasteiger partial charge in [-0.2, -0.15) is 0 Å². The van der Waals surface area contributed by atoms with E-state index in [9.17, 15) is 4.79 Å². The van der Waals surface area contributed by atoms with Crippen molar-refractivity contribution >= 4 is 30.9 Å². The van der Waals surface area contributed by atoms with Gasteiger partial charge in [0.2, 0.25) is 0 Å². The van der Waals surface area contributed by atoms with Gasteiger partial charge < -0.3 is 18.0 Å². The van der Waals surface area contributed by atoms with Gasteiger partial charge in [-0.15, -0.1) is 6.58 Å². The highest BCUT2D eigenvalue weighted by atomic mass is 28.4. The Hall–Kier alpha value is -0.259. The van der Waals surface area contributed by atoms with E-state index in [0.29, 0.717) is 48.0 Å². The highest BCUT2D eigenvalue weighted by Gasteiger charge is 2.67. The SMILES string of the molecule is C=CC[C@@]1(O[Si](C)(C)C)CC[C@@]2(C)[C@H](C[C@@H](O[Si](C)(C)C)[C@@H]3[C@@H]2C[C@H](O[Si](C)(C)C)[C@]2(C)[C@@H]([C@H](C)CCC(=O)OC)CC[C@@H]32)C1. The van der Waals surface area contributed by atoms with Gasteiger partial charge in [0.15, 0.2) is 25.0 Å². The molecule has 0 aromatic rings. The molecule has 4 fully saturated rings. The van der Waals surface area contributed by atoms with Crippen molar-refractivity contribution in [3.8, 4) is 0 Å². The zero-order valence-electron chi connectivity index (χ0n) is 31.5. The van der Waals surface area contributed by atoms with Crippen molar-refractivity contribution < 1.29 is 22.8 Å². The maximum Gasteiger partial charge on any atom is 0.305 e. The van der Waals surface area contributed by atoms with Crippen molar-refractivity contribution in [3.05, 3.63) is 12.7 Å². The van der Waals surface area contributed by atoms with Gasteiger partial charge in [0.25, 0.3) is 0 Å². The lowest BCUT2D eigenvalue weighted by Crippen LogP contribution is -2.65. The highest BCUT2D eigenvalue weighted by molar-refractivity contribution is 6.70. The normalized spacial score (nSPS) is 41.0. The molecule has 0 radical (unpaired) electrons. The first-order valence-electron chi connectivity index (χ1n) is 18.3. The fourth-order valence-corrected chi connectivity index (χ4v) is 15.1. The number of rotatable bonds is 12. The van der Waals surface area contributed by atoms with Crippen LogP contribution < -0.4 is 0 Å². The lowest BCUT2D eigenvalue weighted by atomic mass is 9.42. The van der Waals surface area contributed by atoms with E-state index in [-0.39, 0.29) is 28.5 Å². The summed E-state index contributed by atoms with van der Waals surface area (Å²) in [6.07, 6.45) is 13.3. The minimum Gasteiger partial charge on any atom is -0.469 e. The second-order valence-corrected chi connectivity index (χ2v) is 32.5. The van der Waals surface area contributed by atoms with E-state index in [1.165, 1.54) is 26.4 Å². The summed E-state index contributed by atoms with van der Waals surface area (Å²) >= 11 is 0. The summed E-state index contributed by atoms with van der Waals surface area (Å²) in [6, 6.07) is 0. The van der Waals surface area contributed by atoms with E-state index in [1.807, 2.05) is 0 Å². The van der Waals surface area contributed by atoms with Crippen LogP contribution in [0.1, 0.15) is 85.0 Å². The third kappa shape index (κ3) is 7.98. The average Bonchev–Trinajstić information content (AvgIpc) is 3.24. The predicted octanol–water partition coefficient (Wildman–Crippen LogP) is 10.1. The minimum atomic E-state index is -1.82. The van der Waals surface area contributed by atoms with E-state index in [4.69, 9.17) is 18.0 Å². The molecule has 11 atom stereocenters. The second-order valence-electron chi connectivity index (χ2n) is 19.2. The zero-order chi connectivity index (χ0) is 33.8. The smallest absolute Gasteiger partial charge is 0.305 e. The third-order valence-corrected chi connectivity index (χ3v) is 15.7. The van der Waals surface area contributed by atoms with Crippen LogP contribution in [0.3, 0.4) is 0 Å². The number of ether oxygens (including phenoxy) is 1. The van der Waals surface area contributed by atoms with Crippen molar-refractivity contribution in [2.24, 2.45) is 46.3 Å². The summed E-state index contributed by atoms with van der Waals surface area (Å²) in [5, 5.41) is 0.